The Morgan fingerprint density at radius 1 is 1.35 bits per heavy atom. The zero-order valence-electron chi connectivity index (χ0n) is 8.62. The molecule has 7 heteroatoms. The molecule has 1 unspecified atom stereocenters. The second-order valence-electron chi connectivity index (χ2n) is 3.30. The van der Waals surface area contributed by atoms with Crippen molar-refractivity contribution in [3.8, 4) is 0 Å². The first-order chi connectivity index (χ1) is 7.91. The lowest BCUT2D eigenvalue weighted by Crippen LogP contribution is -2.20. The molecule has 17 heavy (non-hydrogen) atoms. The minimum absolute atomic E-state index is 0.00731. The number of carboxylic acid groups (broad SMARTS) is 1. The van der Waals surface area contributed by atoms with Crippen LogP contribution in [-0.2, 0) is 9.53 Å². The van der Waals surface area contributed by atoms with Gasteiger partial charge in [-0.05, 0) is 12.1 Å². The summed E-state index contributed by atoms with van der Waals surface area (Å²) >= 11 is 17.7. The van der Waals surface area contributed by atoms with Gasteiger partial charge in [0.25, 0.3) is 0 Å². The van der Waals surface area contributed by atoms with E-state index in [1.165, 1.54) is 12.1 Å². The molecule has 1 aromatic carbocycles. The van der Waals surface area contributed by atoms with Crippen LogP contribution in [0.4, 0.5) is 0 Å². The minimum Gasteiger partial charge on any atom is -0.480 e. The van der Waals surface area contributed by atoms with E-state index in [9.17, 15) is 4.79 Å². The Kier molecular flexibility index (Phi) is 5.49. The Morgan fingerprint density at radius 2 is 1.88 bits per heavy atom. The van der Waals surface area contributed by atoms with Crippen molar-refractivity contribution in [2.45, 2.75) is 6.04 Å². The SMILES string of the molecule is NC(COCC(=O)O)c1c(Cl)cc(Cl)cc1Cl. The van der Waals surface area contributed by atoms with E-state index in [0.717, 1.165) is 0 Å². The van der Waals surface area contributed by atoms with Crippen LogP contribution in [0.1, 0.15) is 11.6 Å². The van der Waals surface area contributed by atoms with Gasteiger partial charge in [-0.25, -0.2) is 4.79 Å². The van der Waals surface area contributed by atoms with E-state index in [0.29, 0.717) is 20.6 Å². The zero-order valence-corrected chi connectivity index (χ0v) is 10.9. The number of carboxylic acids is 1. The molecule has 0 aromatic heterocycles. The lowest BCUT2D eigenvalue weighted by Gasteiger charge is -2.15. The molecule has 0 amide bonds. The molecule has 0 aliphatic heterocycles. The van der Waals surface area contributed by atoms with Crippen LogP contribution in [0.25, 0.3) is 0 Å². The molecule has 0 saturated heterocycles. The Hall–Kier alpha value is -0.520. The van der Waals surface area contributed by atoms with Gasteiger partial charge < -0.3 is 15.6 Å². The van der Waals surface area contributed by atoms with Crippen molar-refractivity contribution in [1.82, 2.24) is 0 Å². The summed E-state index contributed by atoms with van der Waals surface area (Å²) in [6.07, 6.45) is 0. The van der Waals surface area contributed by atoms with Gasteiger partial charge in [0.2, 0.25) is 0 Å². The molecule has 0 aliphatic rings. The van der Waals surface area contributed by atoms with Crippen LogP contribution in [0, 0.1) is 0 Å². The van der Waals surface area contributed by atoms with Gasteiger partial charge in [-0.15, -0.1) is 0 Å². The van der Waals surface area contributed by atoms with Crippen molar-refractivity contribution < 1.29 is 14.6 Å². The van der Waals surface area contributed by atoms with E-state index in [2.05, 4.69) is 0 Å². The smallest absolute Gasteiger partial charge is 0.329 e. The molecule has 0 aliphatic carbocycles. The van der Waals surface area contributed by atoms with Crippen molar-refractivity contribution in [3.63, 3.8) is 0 Å². The zero-order chi connectivity index (χ0) is 13.0. The maximum atomic E-state index is 10.3. The molecule has 1 atom stereocenters. The summed E-state index contributed by atoms with van der Waals surface area (Å²) in [7, 11) is 0. The first-order valence-electron chi connectivity index (χ1n) is 4.61. The summed E-state index contributed by atoms with van der Waals surface area (Å²) in [5, 5.41) is 9.47. The second-order valence-corrected chi connectivity index (χ2v) is 4.55. The van der Waals surface area contributed by atoms with E-state index in [1.807, 2.05) is 0 Å². The number of halogens is 3. The molecule has 0 saturated carbocycles. The van der Waals surface area contributed by atoms with Crippen molar-refractivity contribution in [3.05, 3.63) is 32.8 Å². The fourth-order valence-electron chi connectivity index (χ4n) is 1.26. The molecule has 0 spiro atoms. The Bertz CT molecular complexity index is 402. The normalized spacial score (nSPS) is 12.5. The third-order valence-electron chi connectivity index (χ3n) is 1.94. The fraction of sp³-hybridized carbons (Fsp3) is 0.300. The third-order valence-corrected chi connectivity index (χ3v) is 2.78. The number of carbonyl (C=O) groups is 1. The first-order valence-corrected chi connectivity index (χ1v) is 5.74. The highest BCUT2D eigenvalue weighted by molar-refractivity contribution is 6.39. The Morgan fingerprint density at radius 3 is 2.35 bits per heavy atom. The maximum absolute atomic E-state index is 10.3. The van der Waals surface area contributed by atoms with E-state index in [-0.39, 0.29) is 6.61 Å². The third kappa shape index (κ3) is 4.33. The minimum atomic E-state index is -1.06. The monoisotopic (exact) mass is 297 g/mol. The Balaban J connectivity index is 2.75. The predicted octanol–water partition coefficient (Wildman–Crippen LogP) is 2.75. The highest BCUT2D eigenvalue weighted by Gasteiger charge is 2.16. The van der Waals surface area contributed by atoms with E-state index in [1.54, 1.807) is 0 Å². The molecule has 0 heterocycles. The average Bonchev–Trinajstić information content (AvgIpc) is 2.14. The lowest BCUT2D eigenvalue weighted by atomic mass is 10.1. The summed E-state index contributed by atoms with van der Waals surface area (Å²) in [5.41, 5.74) is 6.29. The lowest BCUT2D eigenvalue weighted by molar-refractivity contribution is -0.142. The molecule has 0 fully saturated rings. The predicted molar refractivity (Wildman–Crippen MR) is 66.9 cm³/mol. The van der Waals surface area contributed by atoms with Gasteiger partial charge in [0.1, 0.15) is 6.61 Å². The van der Waals surface area contributed by atoms with Crippen molar-refractivity contribution >= 4 is 40.8 Å². The average molecular weight is 299 g/mol. The highest BCUT2D eigenvalue weighted by atomic mass is 35.5. The number of hydrogen-bond acceptors (Lipinski definition) is 3. The van der Waals surface area contributed by atoms with E-state index in [4.69, 9.17) is 50.4 Å². The summed E-state index contributed by atoms with van der Waals surface area (Å²) in [6.45, 7) is -0.413. The maximum Gasteiger partial charge on any atom is 0.329 e. The van der Waals surface area contributed by atoms with E-state index < -0.39 is 18.6 Å². The van der Waals surface area contributed by atoms with Crippen LogP contribution in [0.2, 0.25) is 15.1 Å². The number of aliphatic carboxylic acids is 1. The van der Waals surface area contributed by atoms with Crippen LogP contribution < -0.4 is 5.73 Å². The molecule has 94 valence electrons. The van der Waals surface area contributed by atoms with Crippen LogP contribution in [-0.4, -0.2) is 24.3 Å². The van der Waals surface area contributed by atoms with Gasteiger partial charge in [0.05, 0.1) is 12.6 Å². The van der Waals surface area contributed by atoms with Crippen LogP contribution in [0.5, 0.6) is 0 Å². The van der Waals surface area contributed by atoms with Crippen molar-refractivity contribution in [2.24, 2.45) is 5.73 Å². The fourth-order valence-corrected chi connectivity index (χ4v) is 2.36. The van der Waals surface area contributed by atoms with Gasteiger partial charge in [-0.2, -0.15) is 0 Å². The number of benzene rings is 1. The number of rotatable bonds is 5. The second kappa shape index (κ2) is 6.42. The molecule has 1 rings (SSSR count). The largest absolute Gasteiger partial charge is 0.480 e. The van der Waals surface area contributed by atoms with Gasteiger partial charge in [-0.1, -0.05) is 34.8 Å². The number of nitrogens with two attached hydrogens (primary N) is 1. The quantitative estimate of drug-likeness (QED) is 0.876. The standard InChI is InChI=1S/C10H10Cl3NO3/c11-5-1-6(12)10(7(13)2-5)8(14)3-17-4-9(15)16/h1-2,8H,3-4,14H2,(H,15,16). The van der Waals surface area contributed by atoms with Crippen LogP contribution in [0.3, 0.4) is 0 Å². The highest BCUT2D eigenvalue weighted by Crippen LogP contribution is 2.32. The molecule has 4 nitrogen and oxygen atoms in total. The number of hydrogen-bond donors (Lipinski definition) is 2. The van der Waals surface area contributed by atoms with Crippen molar-refractivity contribution in [1.29, 1.82) is 0 Å². The molecule has 0 radical (unpaired) electrons. The topological polar surface area (TPSA) is 72.5 Å². The van der Waals surface area contributed by atoms with Gasteiger partial charge in [-0.3, -0.25) is 0 Å². The molecule has 0 bridgehead atoms. The Labute approximate surface area is 113 Å². The summed E-state index contributed by atoms with van der Waals surface area (Å²) in [4.78, 5) is 10.3. The van der Waals surface area contributed by atoms with Crippen LogP contribution in [0.15, 0.2) is 12.1 Å². The van der Waals surface area contributed by atoms with Gasteiger partial charge in [0.15, 0.2) is 0 Å². The first kappa shape index (κ1) is 14.5. The summed E-state index contributed by atoms with van der Waals surface area (Å²) in [5.74, 6) is -1.06. The molecule has 3 N–H and O–H groups in total. The van der Waals surface area contributed by atoms with Crippen LogP contribution >= 0.6 is 34.8 Å². The number of ether oxygens (including phenoxy) is 1. The van der Waals surface area contributed by atoms with E-state index >= 15 is 0 Å². The summed E-state index contributed by atoms with van der Waals surface area (Å²) < 4.78 is 4.88. The summed E-state index contributed by atoms with van der Waals surface area (Å²) in [6, 6.07) is 2.43. The molecular formula is C10H10Cl3NO3. The molecule has 1 aromatic rings. The molecular weight excluding hydrogens is 288 g/mol. The van der Waals surface area contributed by atoms with Gasteiger partial charge >= 0.3 is 5.97 Å². The van der Waals surface area contributed by atoms with Crippen molar-refractivity contribution in [2.75, 3.05) is 13.2 Å². The van der Waals surface area contributed by atoms with Gasteiger partial charge in [0, 0.05) is 20.6 Å².